The van der Waals surface area contributed by atoms with Crippen LogP contribution in [0.4, 0.5) is 0 Å². The van der Waals surface area contributed by atoms with Crippen molar-refractivity contribution in [1.82, 2.24) is 0 Å². The van der Waals surface area contributed by atoms with Crippen molar-refractivity contribution in [2.75, 3.05) is 0 Å². The molecule has 0 spiro atoms. The molecule has 1 N–H and O–H groups in total. The molecule has 0 radical (unpaired) electrons. The van der Waals surface area contributed by atoms with Crippen molar-refractivity contribution in [1.29, 1.82) is 0 Å². The molecule has 64 valence electrons. The Morgan fingerprint density at radius 3 is 2.08 bits per heavy atom. The molecule has 5 heteroatoms. The SMILES string of the molecule is O=c1cc(Br)c(O)c(Br)cc1Br. The molecule has 0 bridgehead atoms. The monoisotopic (exact) mass is 356 g/mol. The minimum atomic E-state index is -0.192. The van der Waals surface area contributed by atoms with Gasteiger partial charge in [-0.3, -0.25) is 4.79 Å². The lowest BCUT2D eigenvalue weighted by Gasteiger charge is -1.90. The third-order valence-corrected chi connectivity index (χ3v) is 3.03. The molecule has 0 saturated heterocycles. The smallest absolute Gasteiger partial charge is 0.194 e. The first kappa shape index (κ1) is 10.2. The van der Waals surface area contributed by atoms with E-state index >= 15 is 0 Å². The van der Waals surface area contributed by atoms with Crippen LogP contribution in [-0.2, 0) is 0 Å². The Balaban J connectivity index is 3.66. The molecule has 0 heterocycles. The van der Waals surface area contributed by atoms with E-state index in [4.69, 9.17) is 0 Å². The molecular weight excluding hydrogens is 356 g/mol. The first-order valence-corrected chi connectivity index (χ1v) is 5.28. The zero-order valence-electron chi connectivity index (χ0n) is 5.64. The molecule has 0 fully saturated rings. The average Bonchev–Trinajstić information content (AvgIpc) is 2.07. The zero-order chi connectivity index (χ0) is 9.30. The highest BCUT2D eigenvalue weighted by atomic mass is 79.9. The quantitative estimate of drug-likeness (QED) is 0.774. The van der Waals surface area contributed by atoms with Gasteiger partial charge in [0.1, 0.15) is 5.75 Å². The Kier molecular flexibility index (Phi) is 3.31. The van der Waals surface area contributed by atoms with Gasteiger partial charge in [-0.15, -0.1) is 0 Å². The topological polar surface area (TPSA) is 37.3 Å². The predicted molar refractivity (Wildman–Crippen MR) is 57.5 cm³/mol. The fourth-order valence-electron chi connectivity index (χ4n) is 0.617. The van der Waals surface area contributed by atoms with Gasteiger partial charge in [0, 0.05) is 6.07 Å². The second-order valence-electron chi connectivity index (χ2n) is 2.05. The molecule has 12 heavy (non-hydrogen) atoms. The van der Waals surface area contributed by atoms with Crippen molar-refractivity contribution in [2.24, 2.45) is 0 Å². The van der Waals surface area contributed by atoms with Gasteiger partial charge in [-0.25, -0.2) is 0 Å². The number of hydrogen-bond acceptors (Lipinski definition) is 2. The van der Waals surface area contributed by atoms with E-state index in [9.17, 15) is 9.90 Å². The highest BCUT2D eigenvalue weighted by molar-refractivity contribution is 9.11. The fourth-order valence-corrected chi connectivity index (χ4v) is 2.40. The Bertz CT molecular complexity index is 376. The number of rotatable bonds is 0. The average molecular weight is 359 g/mol. The molecular formula is C7H3Br3O2. The summed E-state index contributed by atoms with van der Waals surface area (Å²) in [5.41, 5.74) is -0.192. The van der Waals surface area contributed by atoms with E-state index in [2.05, 4.69) is 47.8 Å². The van der Waals surface area contributed by atoms with E-state index in [-0.39, 0.29) is 11.2 Å². The lowest BCUT2D eigenvalue weighted by molar-refractivity contribution is 0.469. The summed E-state index contributed by atoms with van der Waals surface area (Å²) in [6, 6.07) is 2.80. The van der Waals surface area contributed by atoms with E-state index in [1.54, 1.807) is 0 Å². The molecule has 0 aliphatic carbocycles. The molecule has 0 aromatic heterocycles. The minimum Gasteiger partial charge on any atom is -0.506 e. The van der Waals surface area contributed by atoms with E-state index in [1.807, 2.05) is 0 Å². The first-order chi connectivity index (χ1) is 5.52. The maximum atomic E-state index is 11.1. The van der Waals surface area contributed by atoms with E-state index in [0.717, 1.165) is 0 Å². The predicted octanol–water partition coefficient (Wildman–Crippen LogP) is 3.04. The van der Waals surface area contributed by atoms with E-state index in [0.29, 0.717) is 13.4 Å². The summed E-state index contributed by atoms with van der Waals surface area (Å²) in [4.78, 5) is 11.1. The summed E-state index contributed by atoms with van der Waals surface area (Å²) >= 11 is 9.24. The molecule has 0 aliphatic heterocycles. The van der Waals surface area contributed by atoms with Crippen molar-refractivity contribution < 1.29 is 5.11 Å². The lowest BCUT2D eigenvalue weighted by Crippen LogP contribution is -1.93. The fraction of sp³-hybridized carbons (Fsp3) is 0. The maximum absolute atomic E-state index is 11.1. The van der Waals surface area contributed by atoms with Crippen LogP contribution in [0.1, 0.15) is 0 Å². The van der Waals surface area contributed by atoms with Gasteiger partial charge in [-0.2, -0.15) is 0 Å². The molecule has 2 nitrogen and oxygen atoms in total. The Morgan fingerprint density at radius 2 is 1.50 bits per heavy atom. The van der Waals surface area contributed by atoms with Crippen LogP contribution in [0.25, 0.3) is 0 Å². The summed E-state index contributed by atoms with van der Waals surface area (Å²) in [6.07, 6.45) is 0. The second-order valence-corrected chi connectivity index (χ2v) is 4.61. The van der Waals surface area contributed by atoms with Crippen molar-refractivity contribution >= 4 is 47.8 Å². The van der Waals surface area contributed by atoms with Crippen LogP contribution in [0.15, 0.2) is 30.3 Å². The van der Waals surface area contributed by atoms with Crippen LogP contribution in [-0.4, -0.2) is 5.11 Å². The molecule has 1 aromatic carbocycles. The molecule has 1 aromatic rings. The van der Waals surface area contributed by atoms with Gasteiger partial charge in [0.15, 0.2) is 5.43 Å². The molecule has 0 unspecified atom stereocenters. The van der Waals surface area contributed by atoms with Crippen LogP contribution in [0, 0.1) is 0 Å². The number of halogens is 3. The third-order valence-electron chi connectivity index (χ3n) is 1.20. The van der Waals surface area contributed by atoms with Crippen molar-refractivity contribution in [3.8, 4) is 5.75 Å². The summed E-state index contributed by atoms with van der Waals surface area (Å²) in [6.45, 7) is 0. The van der Waals surface area contributed by atoms with Crippen LogP contribution in [0.2, 0.25) is 0 Å². The summed E-state index contributed by atoms with van der Waals surface area (Å²) in [5.74, 6) is 0.0119. The highest BCUT2D eigenvalue weighted by Crippen LogP contribution is 2.30. The zero-order valence-corrected chi connectivity index (χ0v) is 10.4. The van der Waals surface area contributed by atoms with E-state index in [1.165, 1.54) is 12.1 Å². The highest BCUT2D eigenvalue weighted by Gasteiger charge is 2.04. The summed E-state index contributed by atoms with van der Waals surface area (Å²) in [5, 5.41) is 9.36. The minimum absolute atomic E-state index is 0.0119. The third kappa shape index (κ3) is 2.08. The van der Waals surface area contributed by atoms with Gasteiger partial charge in [-0.05, 0) is 53.9 Å². The largest absolute Gasteiger partial charge is 0.506 e. The van der Waals surface area contributed by atoms with Gasteiger partial charge in [0.2, 0.25) is 0 Å². The van der Waals surface area contributed by atoms with Crippen molar-refractivity contribution in [2.45, 2.75) is 0 Å². The Hall–Kier alpha value is 0.130. The van der Waals surface area contributed by atoms with Crippen LogP contribution in [0.3, 0.4) is 0 Å². The first-order valence-electron chi connectivity index (χ1n) is 2.90. The Morgan fingerprint density at radius 1 is 1.00 bits per heavy atom. The van der Waals surface area contributed by atoms with Crippen molar-refractivity contribution in [3.05, 3.63) is 35.8 Å². The Labute approximate surface area is 94.0 Å². The molecule has 0 saturated carbocycles. The van der Waals surface area contributed by atoms with Gasteiger partial charge in [0.05, 0.1) is 13.4 Å². The van der Waals surface area contributed by atoms with Gasteiger partial charge in [0.25, 0.3) is 0 Å². The van der Waals surface area contributed by atoms with E-state index < -0.39 is 0 Å². The molecule has 0 atom stereocenters. The molecule has 0 aliphatic rings. The van der Waals surface area contributed by atoms with Gasteiger partial charge in [-0.1, -0.05) is 0 Å². The second kappa shape index (κ2) is 3.89. The number of hydrogen-bond donors (Lipinski definition) is 1. The standard InChI is InChI=1S/C7H3Br3O2/c8-3-1-4(9)7(12)5(10)2-6(3)11/h1-2,12H. The lowest BCUT2D eigenvalue weighted by atomic mass is 10.5. The summed E-state index contributed by atoms with van der Waals surface area (Å²) in [7, 11) is 0. The molecule has 1 rings (SSSR count). The van der Waals surface area contributed by atoms with Crippen LogP contribution >= 0.6 is 47.8 Å². The molecule has 0 amide bonds. The van der Waals surface area contributed by atoms with Gasteiger partial charge < -0.3 is 5.11 Å². The number of aromatic hydroxyl groups is 1. The normalized spacial score (nSPS) is 9.92. The van der Waals surface area contributed by atoms with Crippen LogP contribution < -0.4 is 5.43 Å². The summed E-state index contributed by atoms with van der Waals surface area (Å²) < 4.78 is 1.23. The van der Waals surface area contributed by atoms with Crippen LogP contribution in [0.5, 0.6) is 5.75 Å². The van der Waals surface area contributed by atoms with Crippen molar-refractivity contribution in [3.63, 3.8) is 0 Å². The maximum Gasteiger partial charge on any atom is 0.194 e. The van der Waals surface area contributed by atoms with Gasteiger partial charge >= 0.3 is 0 Å².